The van der Waals surface area contributed by atoms with Crippen LogP contribution in [0.15, 0.2) is 34.1 Å². The van der Waals surface area contributed by atoms with Crippen LogP contribution in [0.1, 0.15) is 25.0 Å². The second kappa shape index (κ2) is 4.73. The standard InChI is InChI=1S/C15H14N2O3S/c18-13-11-3-1-2-5-17(11)15(19)12(13)10-8-21-14(16-10)9-4-6-20-7-9/h4,6-8,11,18H,1-3,5H2/t11-/m1/s1. The van der Waals surface area contributed by atoms with Crippen LogP contribution in [-0.2, 0) is 4.79 Å². The van der Waals surface area contributed by atoms with E-state index in [2.05, 4.69) is 4.98 Å². The van der Waals surface area contributed by atoms with Crippen LogP contribution < -0.4 is 0 Å². The summed E-state index contributed by atoms with van der Waals surface area (Å²) in [6, 6.07) is 1.68. The number of aromatic nitrogens is 1. The maximum Gasteiger partial charge on any atom is 0.260 e. The van der Waals surface area contributed by atoms with Gasteiger partial charge in [0.1, 0.15) is 22.6 Å². The highest BCUT2D eigenvalue weighted by Gasteiger charge is 2.41. The summed E-state index contributed by atoms with van der Waals surface area (Å²) in [5.74, 6) is 0.0880. The lowest BCUT2D eigenvalue weighted by Gasteiger charge is -2.29. The zero-order chi connectivity index (χ0) is 14.4. The third-order valence-corrected chi connectivity index (χ3v) is 4.97. The van der Waals surface area contributed by atoms with E-state index >= 15 is 0 Å². The molecule has 0 aliphatic carbocycles. The molecule has 5 nitrogen and oxygen atoms in total. The summed E-state index contributed by atoms with van der Waals surface area (Å²) < 4.78 is 5.05. The van der Waals surface area contributed by atoms with Gasteiger partial charge in [-0.05, 0) is 25.3 Å². The number of carbonyl (C=O) groups excluding carboxylic acids is 1. The smallest absolute Gasteiger partial charge is 0.260 e. The normalized spacial score (nSPS) is 22.0. The summed E-state index contributed by atoms with van der Waals surface area (Å²) in [5.41, 5.74) is 1.82. The van der Waals surface area contributed by atoms with Crippen LogP contribution in [-0.4, -0.2) is 33.5 Å². The zero-order valence-electron chi connectivity index (χ0n) is 11.3. The van der Waals surface area contributed by atoms with Crippen LogP contribution in [0.2, 0.25) is 0 Å². The number of aliphatic hydroxyl groups is 1. The molecule has 4 heterocycles. The second-order valence-electron chi connectivity index (χ2n) is 5.32. The summed E-state index contributed by atoms with van der Waals surface area (Å²) >= 11 is 1.44. The van der Waals surface area contributed by atoms with Crippen LogP contribution in [0.3, 0.4) is 0 Å². The van der Waals surface area contributed by atoms with E-state index in [-0.39, 0.29) is 17.7 Å². The minimum absolute atomic E-state index is 0.0961. The molecule has 2 aromatic rings. The highest BCUT2D eigenvalue weighted by Crippen LogP contribution is 2.37. The molecule has 0 bridgehead atoms. The topological polar surface area (TPSA) is 66.6 Å². The Morgan fingerprint density at radius 1 is 1.43 bits per heavy atom. The Kier molecular flexibility index (Phi) is 2.85. The highest BCUT2D eigenvalue weighted by atomic mass is 32.1. The highest BCUT2D eigenvalue weighted by molar-refractivity contribution is 7.13. The molecule has 1 amide bonds. The van der Waals surface area contributed by atoms with Crippen molar-refractivity contribution in [1.82, 2.24) is 9.88 Å². The van der Waals surface area contributed by atoms with Gasteiger partial charge in [-0.15, -0.1) is 11.3 Å². The molecule has 6 heteroatoms. The minimum Gasteiger partial charge on any atom is -0.509 e. The molecule has 0 radical (unpaired) electrons. The lowest BCUT2D eigenvalue weighted by atomic mass is 10.0. The Hall–Kier alpha value is -2.08. The summed E-state index contributed by atoms with van der Waals surface area (Å²) in [7, 11) is 0. The lowest BCUT2D eigenvalue weighted by Crippen LogP contribution is -2.39. The van der Waals surface area contributed by atoms with E-state index in [1.54, 1.807) is 17.4 Å². The summed E-state index contributed by atoms with van der Waals surface area (Å²) in [4.78, 5) is 18.8. The van der Waals surface area contributed by atoms with Gasteiger partial charge in [-0.2, -0.15) is 0 Å². The Morgan fingerprint density at radius 2 is 2.33 bits per heavy atom. The van der Waals surface area contributed by atoms with Crippen molar-refractivity contribution in [1.29, 1.82) is 0 Å². The zero-order valence-corrected chi connectivity index (χ0v) is 12.1. The largest absolute Gasteiger partial charge is 0.509 e. The molecule has 2 aliphatic rings. The molecular weight excluding hydrogens is 288 g/mol. The molecule has 0 saturated carbocycles. The van der Waals surface area contributed by atoms with Gasteiger partial charge in [-0.3, -0.25) is 4.79 Å². The number of aliphatic hydroxyl groups excluding tert-OH is 1. The summed E-state index contributed by atoms with van der Waals surface area (Å²) in [6.45, 7) is 0.718. The van der Waals surface area contributed by atoms with E-state index in [1.165, 1.54) is 11.3 Å². The molecule has 2 aliphatic heterocycles. The Morgan fingerprint density at radius 3 is 3.10 bits per heavy atom. The minimum atomic E-state index is -0.152. The van der Waals surface area contributed by atoms with Crippen molar-refractivity contribution in [2.75, 3.05) is 6.54 Å². The van der Waals surface area contributed by atoms with E-state index < -0.39 is 0 Å². The molecular formula is C15H14N2O3S. The van der Waals surface area contributed by atoms with Gasteiger partial charge in [0.05, 0.1) is 18.0 Å². The molecule has 1 N–H and O–H groups in total. The summed E-state index contributed by atoms with van der Waals surface area (Å²) in [6.07, 6.45) is 6.09. The van der Waals surface area contributed by atoms with Gasteiger partial charge in [-0.1, -0.05) is 0 Å². The third-order valence-electron chi connectivity index (χ3n) is 4.08. The number of amides is 1. The van der Waals surface area contributed by atoms with Gasteiger partial charge in [0.15, 0.2) is 0 Å². The van der Waals surface area contributed by atoms with Crippen LogP contribution in [0.25, 0.3) is 16.1 Å². The molecule has 108 valence electrons. The molecule has 0 spiro atoms. The van der Waals surface area contributed by atoms with Crippen LogP contribution in [0, 0.1) is 0 Å². The number of fused-ring (bicyclic) bond motifs is 1. The quantitative estimate of drug-likeness (QED) is 0.926. The predicted octanol–water partition coefficient (Wildman–Crippen LogP) is 3.07. The molecule has 1 atom stereocenters. The van der Waals surface area contributed by atoms with Crippen molar-refractivity contribution in [3.8, 4) is 10.6 Å². The molecule has 0 aromatic carbocycles. The van der Waals surface area contributed by atoms with E-state index in [0.717, 1.165) is 36.4 Å². The first-order chi connectivity index (χ1) is 10.3. The number of carbonyl (C=O) groups is 1. The van der Waals surface area contributed by atoms with Gasteiger partial charge in [0, 0.05) is 17.5 Å². The number of furan rings is 1. The number of hydrogen-bond donors (Lipinski definition) is 1. The van der Waals surface area contributed by atoms with Crippen molar-refractivity contribution in [2.24, 2.45) is 0 Å². The average Bonchev–Trinajstić information content (AvgIpc) is 3.21. The van der Waals surface area contributed by atoms with E-state index in [0.29, 0.717) is 11.3 Å². The molecule has 2 aromatic heterocycles. The first kappa shape index (κ1) is 12.6. The maximum absolute atomic E-state index is 12.5. The van der Waals surface area contributed by atoms with Crippen molar-refractivity contribution >= 4 is 22.8 Å². The third kappa shape index (κ3) is 1.90. The first-order valence-electron chi connectivity index (χ1n) is 6.98. The van der Waals surface area contributed by atoms with Crippen LogP contribution >= 0.6 is 11.3 Å². The maximum atomic E-state index is 12.5. The monoisotopic (exact) mass is 302 g/mol. The first-order valence-corrected chi connectivity index (χ1v) is 7.86. The molecule has 21 heavy (non-hydrogen) atoms. The number of piperidine rings is 1. The Bertz CT molecular complexity index is 717. The predicted molar refractivity (Wildman–Crippen MR) is 78.7 cm³/mol. The summed E-state index contributed by atoms with van der Waals surface area (Å²) in [5, 5.41) is 13.0. The van der Waals surface area contributed by atoms with Crippen molar-refractivity contribution in [3.05, 3.63) is 35.4 Å². The average molecular weight is 302 g/mol. The Labute approximate surface area is 125 Å². The van der Waals surface area contributed by atoms with Crippen LogP contribution in [0.4, 0.5) is 0 Å². The van der Waals surface area contributed by atoms with Crippen LogP contribution in [0.5, 0.6) is 0 Å². The fraction of sp³-hybridized carbons (Fsp3) is 0.333. The lowest BCUT2D eigenvalue weighted by molar-refractivity contribution is -0.126. The number of thiazole rings is 1. The number of rotatable bonds is 2. The molecule has 4 rings (SSSR count). The number of nitrogens with zero attached hydrogens (tertiary/aromatic N) is 2. The van der Waals surface area contributed by atoms with Crippen molar-refractivity contribution in [3.63, 3.8) is 0 Å². The Balaban J connectivity index is 1.73. The second-order valence-corrected chi connectivity index (χ2v) is 6.18. The van der Waals surface area contributed by atoms with Gasteiger partial charge in [0.2, 0.25) is 0 Å². The SMILES string of the molecule is O=C1C(c2csc(-c3ccoc3)n2)=C(O)[C@H]2CCCCN12. The van der Waals surface area contributed by atoms with E-state index in [9.17, 15) is 9.90 Å². The van der Waals surface area contributed by atoms with E-state index in [1.807, 2.05) is 11.4 Å². The van der Waals surface area contributed by atoms with Crippen molar-refractivity contribution in [2.45, 2.75) is 25.3 Å². The van der Waals surface area contributed by atoms with Gasteiger partial charge in [0.25, 0.3) is 5.91 Å². The molecule has 1 fully saturated rings. The fourth-order valence-electron chi connectivity index (χ4n) is 3.03. The fourth-order valence-corrected chi connectivity index (χ4v) is 3.82. The number of hydrogen-bond acceptors (Lipinski definition) is 5. The van der Waals surface area contributed by atoms with Gasteiger partial charge < -0.3 is 14.4 Å². The van der Waals surface area contributed by atoms with Gasteiger partial charge >= 0.3 is 0 Å². The van der Waals surface area contributed by atoms with Gasteiger partial charge in [-0.25, -0.2) is 4.98 Å². The van der Waals surface area contributed by atoms with E-state index in [4.69, 9.17) is 4.42 Å². The van der Waals surface area contributed by atoms with Crippen molar-refractivity contribution < 1.29 is 14.3 Å². The molecule has 1 saturated heterocycles. The molecule has 0 unspecified atom stereocenters.